The van der Waals surface area contributed by atoms with Gasteiger partial charge in [0.2, 0.25) is 0 Å². The summed E-state index contributed by atoms with van der Waals surface area (Å²) in [6.07, 6.45) is 1.37. The molecule has 166 valence electrons. The van der Waals surface area contributed by atoms with Crippen LogP contribution in [0.15, 0.2) is 76.8 Å². The Labute approximate surface area is 201 Å². The van der Waals surface area contributed by atoms with E-state index in [0.717, 1.165) is 22.6 Å². The van der Waals surface area contributed by atoms with Crippen molar-refractivity contribution in [3.8, 4) is 5.75 Å². The smallest absolute Gasteiger partial charge is 0.335 e. The Morgan fingerprint density at radius 3 is 2.36 bits per heavy atom. The third-order valence-corrected chi connectivity index (χ3v) is 5.63. The van der Waals surface area contributed by atoms with E-state index in [9.17, 15) is 18.8 Å². The Hall–Kier alpha value is -3.49. The highest BCUT2D eigenvalue weighted by atomic mass is 79.9. The van der Waals surface area contributed by atoms with Crippen molar-refractivity contribution in [3.63, 3.8) is 0 Å². The topological polar surface area (TPSA) is 75.7 Å². The lowest BCUT2D eigenvalue weighted by atomic mass is 10.1. The van der Waals surface area contributed by atoms with E-state index in [1.807, 2.05) is 12.1 Å². The number of nitrogens with one attached hydrogen (secondary N) is 1. The fourth-order valence-electron chi connectivity index (χ4n) is 3.11. The van der Waals surface area contributed by atoms with E-state index in [0.29, 0.717) is 27.4 Å². The Morgan fingerprint density at radius 2 is 1.70 bits per heavy atom. The molecule has 0 atom stereocenters. The number of carbonyl (C=O) groups is 3. The second kappa shape index (κ2) is 9.56. The van der Waals surface area contributed by atoms with Crippen molar-refractivity contribution in [2.75, 3.05) is 4.90 Å². The Bertz CT molecular complexity index is 1280. The number of anilines is 1. The van der Waals surface area contributed by atoms with Crippen molar-refractivity contribution >= 4 is 57.1 Å². The summed E-state index contributed by atoms with van der Waals surface area (Å²) in [7, 11) is 0. The first-order valence-electron chi connectivity index (χ1n) is 9.65. The second-order valence-corrected chi connectivity index (χ2v) is 8.33. The van der Waals surface area contributed by atoms with Crippen molar-refractivity contribution in [3.05, 3.63) is 98.7 Å². The number of ether oxygens (including phenoxy) is 1. The summed E-state index contributed by atoms with van der Waals surface area (Å²) in [5.41, 5.74) is 1.38. The van der Waals surface area contributed by atoms with Crippen LogP contribution in [0.3, 0.4) is 0 Å². The van der Waals surface area contributed by atoms with Crippen LogP contribution < -0.4 is 15.0 Å². The van der Waals surface area contributed by atoms with Crippen LogP contribution in [0, 0.1) is 5.82 Å². The maximum absolute atomic E-state index is 13.2. The molecule has 0 saturated carbocycles. The molecular formula is C24H15BrClFN2O4. The predicted octanol–water partition coefficient (Wildman–Crippen LogP) is 5.49. The van der Waals surface area contributed by atoms with Crippen LogP contribution in [0.5, 0.6) is 5.75 Å². The van der Waals surface area contributed by atoms with E-state index < -0.39 is 23.7 Å². The van der Waals surface area contributed by atoms with Crippen molar-refractivity contribution in [2.45, 2.75) is 6.61 Å². The molecule has 1 saturated heterocycles. The van der Waals surface area contributed by atoms with E-state index >= 15 is 0 Å². The van der Waals surface area contributed by atoms with Crippen LogP contribution >= 0.6 is 27.5 Å². The summed E-state index contributed by atoms with van der Waals surface area (Å²) in [5, 5.41) is 2.77. The predicted molar refractivity (Wildman–Crippen MR) is 125 cm³/mol. The molecule has 0 radical (unpaired) electrons. The number of barbiturate groups is 1. The molecular weight excluding hydrogens is 515 g/mol. The average Bonchev–Trinajstić information content (AvgIpc) is 2.78. The third kappa shape index (κ3) is 5.13. The second-order valence-electron chi connectivity index (χ2n) is 7.04. The Morgan fingerprint density at radius 1 is 1.00 bits per heavy atom. The van der Waals surface area contributed by atoms with E-state index in [2.05, 4.69) is 21.2 Å². The van der Waals surface area contributed by atoms with Gasteiger partial charge in [-0.1, -0.05) is 29.8 Å². The molecule has 9 heteroatoms. The molecule has 3 aromatic rings. The molecule has 1 aliphatic rings. The highest BCUT2D eigenvalue weighted by Crippen LogP contribution is 2.29. The SMILES string of the molecule is O=C1NC(=O)N(c2ccc(F)cc2)C(=O)/C1=C/c1ccc(OCc2ccc(Cl)cc2)c(Br)c1. The largest absolute Gasteiger partial charge is 0.488 e. The number of benzene rings is 3. The molecule has 3 aromatic carbocycles. The maximum atomic E-state index is 13.2. The van der Waals surface area contributed by atoms with Gasteiger partial charge >= 0.3 is 6.03 Å². The summed E-state index contributed by atoms with van der Waals surface area (Å²) in [4.78, 5) is 38.2. The quantitative estimate of drug-likeness (QED) is 0.350. The van der Waals surface area contributed by atoms with Crippen LogP contribution in [-0.2, 0) is 16.2 Å². The number of carbonyl (C=O) groups excluding carboxylic acids is 3. The minimum atomic E-state index is -0.902. The number of hydrogen-bond acceptors (Lipinski definition) is 4. The fraction of sp³-hybridized carbons (Fsp3) is 0.0417. The van der Waals surface area contributed by atoms with Gasteiger partial charge in [-0.15, -0.1) is 0 Å². The molecule has 4 amide bonds. The zero-order valence-electron chi connectivity index (χ0n) is 16.8. The number of imide groups is 2. The summed E-state index contributed by atoms with van der Waals surface area (Å²) >= 11 is 9.32. The van der Waals surface area contributed by atoms with Crippen LogP contribution in [0.4, 0.5) is 14.9 Å². The fourth-order valence-corrected chi connectivity index (χ4v) is 3.75. The zero-order chi connectivity index (χ0) is 23.5. The lowest BCUT2D eigenvalue weighted by molar-refractivity contribution is -0.122. The number of rotatable bonds is 5. The standard InChI is InChI=1S/C24H15BrClFN2O4/c25-20-12-15(3-10-21(20)33-13-14-1-4-16(26)5-2-14)11-19-22(30)28-24(32)29(23(19)31)18-8-6-17(27)7-9-18/h1-12H,13H2,(H,28,30,32)/b19-11+. The molecule has 1 heterocycles. The van der Waals surface area contributed by atoms with Gasteiger partial charge in [-0.3, -0.25) is 14.9 Å². The van der Waals surface area contributed by atoms with Gasteiger partial charge in [0.1, 0.15) is 23.7 Å². The maximum Gasteiger partial charge on any atom is 0.335 e. The van der Waals surface area contributed by atoms with E-state index in [1.165, 1.54) is 18.2 Å². The van der Waals surface area contributed by atoms with Gasteiger partial charge in [-0.25, -0.2) is 14.1 Å². The first-order chi connectivity index (χ1) is 15.8. The van der Waals surface area contributed by atoms with Crippen LogP contribution in [-0.4, -0.2) is 17.8 Å². The lowest BCUT2D eigenvalue weighted by Gasteiger charge is -2.26. The van der Waals surface area contributed by atoms with Gasteiger partial charge < -0.3 is 4.74 Å². The molecule has 0 unspecified atom stereocenters. The van der Waals surface area contributed by atoms with Gasteiger partial charge in [-0.2, -0.15) is 0 Å². The normalized spacial score (nSPS) is 15.1. The van der Waals surface area contributed by atoms with Gasteiger partial charge in [-0.05, 0) is 81.7 Å². The van der Waals surface area contributed by atoms with Gasteiger partial charge in [0, 0.05) is 5.02 Å². The number of nitrogens with zero attached hydrogens (tertiary/aromatic N) is 1. The first-order valence-corrected chi connectivity index (χ1v) is 10.8. The number of amides is 4. The van der Waals surface area contributed by atoms with Crippen molar-refractivity contribution in [1.82, 2.24) is 5.32 Å². The van der Waals surface area contributed by atoms with Crippen molar-refractivity contribution in [1.29, 1.82) is 0 Å². The third-order valence-electron chi connectivity index (χ3n) is 4.76. The molecule has 1 aliphatic heterocycles. The highest BCUT2D eigenvalue weighted by Gasteiger charge is 2.36. The van der Waals surface area contributed by atoms with Crippen molar-refractivity contribution < 1.29 is 23.5 Å². The molecule has 6 nitrogen and oxygen atoms in total. The number of hydrogen-bond donors (Lipinski definition) is 1. The van der Waals surface area contributed by atoms with E-state index in [1.54, 1.807) is 30.3 Å². The molecule has 0 aromatic heterocycles. The van der Waals surface area contributed by atoms with Gasteiger partial charge in [0.25, 0.3) is 11.8 Å². The van der Waals surface area contributed by atoms with Crippen LogP contribution in [0.25, 0.3) is 6.08 Å². The van der Waals surface area contributed by atoms with Gasteiger partial charge in [0.15, 0.2) is 0 Å². The minimum Gasteiger partial charge on any atom is -0.488 e. The monoisotopic (exact) mass is 528 g/mol. The molecule has 1 N–H and O–H groups in total. The summed E-state index contributed by atoms with van der Waals surface area (Å²) in [6, 6.07) is 16.2. The molecule has 0 bridgehead atoms. The van der Waals surface area contributed by atoms with Gasteiger partial charge in [0.05, 0.1) is 10.2 Å². The highest BCUT2D eigenvalue weighted by molar-refractivity contribution is 9.10. The average molecular weight is 530 g/mol. The molecule has 4 rings (SSSR count). The zero-order valence-corrected chi connectivity index (χ0v) is 19.2. The van der Waals surface area contributed by atoms with E-state index in [-0.39, 0.29) is 11.3 Å². The lowest BCUT2D eigenvalue weighted by Crippen LogP contribution is -2.54. The first kappa shape index (κ1) is 22.7. The molecule has 1 fully saturated rings. The Kier molecular flexibility index (Phi) is 6.57. The minimum absolute atomic E-state index is 0.143. The summed E-state index contributed by atoms with van der Waals surface area (Å²) in [5.74, 6) is -1.58. The number of halogens is 3. The van der Waals surface area contributed by atoms with Crippen molar-refractivity contribution in [2.24, 2.45) is 0 Å². The Balaban J connectivity index is 1.55. The summed E-state index contributed by atoms with van der Waals surface area (Å²) < 4.78 is 19.6. The molecule has 0 aliphatic carbocycles. The van der Waals surface area contributed by atoms with E-state index in [4.69, 9.17) is 16.3 Å². The molecule has 0 spiro atoms. The number of urea groups is 1. The van der Waals surface area contributed by atoms with Crippen LogP contribution in [0.1, 0.15) is 11.1 Å². The molecule has 33 heavy (non-hydrogen) atoms. The van der Waals surface area contributed by atoms with Crippen LogP contribution in [0.2, 0.25) is 5.02 Å². The summed E-state index contributed by atoms with van der Waals surface area (Å²) in [6.45, 7) is 0.325.